The number of methoxy groups -OCH3 is 1. The number of nitrogens with zero attached hydrogens (tertiary/aromatic N) is 1. The lowest BCUT2D eigenvalue weighted by Gasteiger charge is -2.23. The van der Waals surface area contributed by atoms with Gasteiger partial charge in [0.15, 0.2) is 0 Å². The van der Waals surface area contributed by atoms with Crippen molar-refractivity contribution in [2.75, 3.05) is 11.8 Å². The molecular formula is C22H26N2O3S2. The molecule has 1 aromatic carbocycles. The molecule has 0 bridgehead atoms. The number of aromatic nitrogens is 1. The number of fused-ring (bicyclic) bond motifs is 1. The van der Waals surface area contributed by atoms with Crippen molar-refractivity contribution in [2.45, 2.75) is 51.2 Å². The molecule has 0 atom stereocenters. The predicted octanol–water partition coefficient (Wildman–Crippen LogP) is 5.66. The van der Waals surface area contributed by atoms with Crippen molar-refractivity contribution in [3.8, 4) is 16.9 Å². The monoisotopic (exact) mass is 430 g/mol. The third-order valence-electron chi connectivity index (χ3n) is 5.57. The molecule has 3 aromatic rings. The zero-order valence-electron chi connectivity index (χ0n) is 17.0. The van der Waals surface area contributed by atoms with E-state index in [0.29, 0.717) is 5.69 Å². The van der Waals surface area contributed by atoms with Gasteiger partial charge in [0.05, 0.1) is 18.0 Å². The standard InChI is InChI=1S/C22H26N2O3S2/c1-14-12-19(24-29(25,26)18-10-5-4-6-11-18)21-20(15(2)28-22(21)23-14)16-8-7-9-17(13-16)27-3/h7-9,12-13,18H,4-6,10-11H2,1-3H3,(H,23,24). The van der Waals surface area contributed by atoms with Crippen LogP contribution in [0.5, 0.6) is 5.75 Å². The molecule has 154 valence electrons. The summed E-state index contributed by atoms with van der Waals surface area (Å²) in [6.45, 7) is 3.95. The average Bonchev–Trinajstić information content (AvgIpc) is 3.04. The quantitative estimate of drug-likeness (QED) is 0.567. The summed E-state index contributed by atoms with van der Waals surface area (Å²) >= 11 is 1.59. The fourth-order valence-electron chi connectivity index (χ4n) is 4.15. The summed E-state index contributed by atoms with van der Waals surface area (Å²) in [7, 11) is -1.80. The molecule has 0 spiro atoms. The van der Waals surface area contributed by atoms with E-state index in [1.54, 1.807) is 18.4 Å². The first-order valence-corrected chi connectivity index (χ1v) is 12.3. The zero-order chi connectivity index (χ0) is 20.6. The maximum absolute atomic E-state index is 13.1. The fraction of sp³-hybridized carbons (Fsp3) is 0.409. The van der Waals surface area contributed by atoms with Gasteiger partial charge in [-0.25, -0.2) is 13.4 Å². The number of aryl methyl sites for hydroxylation is 2. The minimum atomic E-state index is -3.44. The second kappa shape index (κ2) is 7.95. The second-order valence-corrected chi connectivity index (χ2v) is 10.8. The van der Waals surface area contributed by atoms with Gasteiger partial charge in [-0.15, -0.1) is 11.3 Å². The van der Waals surface area contributed by atoms with Crippen LogP contribution in [-0.4, -0.2) is 25.8 Å². The fourth-order valence-corrected chi connectivity index (χ4v) is 6.85. The first-order chi connectivity index (χ1) is 13.9. The highest BCUT2D eigenvalue weighted by atomic mass is 32.2. The summed E-state index contributed by atoms with van der Waals surface area (Å²) in [6.07, 6.45) is 4.53. The average molecular weight is 431 g/mol. The maximum Gasteiger partial charge on any atom is 0.235 e. The van der Waals surface area contributed by atoms with Crippen LogP contribution in [0.1, 0.15) is 42.7 Å². The summed E-state index contributed by atoms with van der Waals surface area (Å²) < 4.78 is 34.6. The summed E-state index contributed by atoms with van der Waals surface area (Å²) in [6, 6.07) is 9.70. The number of anilines is 1. The SMILES string of the molecule is COc1cccc(-c2c(C)sc3nc(C)cc(NS(=O)(=O)C4CCCCC4)c23)c1. The molecule has 7 heteroatoms. The molecular weight excluding hydrogens is 404 g/mol. The van der Waals surface area contributed by atoms with Crippen molar-refractivity contribution in [3.05, 3.63) is 40.9 Å². The van der Waals surface area contributed by atoms with Crippen molar-refractivity contribution >= 4 is 37.3 Å². The number of hydrogen-bond donors (Lipinski definition) is 1. The van der Waals surface area contributed by atoms with Gasteiger partial charge in [0.2, 0.25) is 10.0 Å². The normalized spacial score (nSPS) is 15.6. The molecule has 29 heavy (non-hydrogen) atoms. The number of benzene rings is 1. The third-order valence-corrected chi connectivity index (χ3v) is 8.42. The lowest BCUT2D eigenvalue weighted by atomic mass is 10.0. The number of sulfonamides is 1. The summed E-state index contributed by atoms with van der Waals surface area (Å²) in [5.74, 6) is 0.769. The van der Waals surface area contributed by atoms with E-state index >= 15 is 0 Å². The van der Waals surface area contributed by atoms with Crippen molar-refractivity contribution in [2.24, 2.45) is 0 Å². The van der Waals surface area contributed by atoms with Crippen molar-refractivity contribution < 1.29 is 13.2 Å². The lowest BCUT2D eigenvalue weighted by Crippen LogP contribution is -2.29. The van der Waals surface area contributed by atoms with E-state index in [4.69, 9.17) is 4.74 Å². The van der Waals surface area contributed by atoms with E-state index in [1.807, 2.05) is 37.3 Å². The lowest BCUT2D eigenvalue weighted by molar-refractivity contribution is 0.415. The van der Waals surface area contributed by atoms with Gasteiger partial charge in [0.25, 0.3) is 0 Å². The Bertz CT molecular complexity index is 1150. The number of ether oxygens (including phenoxy) is 1. The van der Waals surface area contributed by atoms with E-state index in [1.165, 1.54) is 0 Å². The largest absolute Gasteiger partial charge is 0.497 e. The number of thiophene rings is 1. The molecule has 0 amide bonds. The molecule has 1 saturated carbocycles. The van der Waals surface area contributed by atoms with Gasteiger partial charge in [-0.05, 0) is 50.5 Å². The Morgan fingerprint density at radius 1 is 1.14 bits per heavy atom. The van der Waals surface area contributed by atoms with Crippen molar-refractivity contribution in [3.63, 3.8) is 0 Å². The molecule has 2 heterocycles. The molecule has 0 aliphatic heterocycles. The van der Waals surface area contributed by atoms with Gasteiger partial charge >= 0.3 is 0 Å². The van der Waals surface area contributed by atoms with Crippen LogP contribution in [0.3, 0.4) is 0 Å². The zero-order valence-corrected chi connectivity index (χ0v) is 18.6. The minimum absolute atomic E-state index is 0.320. The molecule has 1 N–H and O–H groups in total. The molecule has 2 aromatic heterocycles. The smallest absolute Gasteiger partial charge is 0.235 e. The Hall–Kier alpha value is -2.12. The first-order valence-electron chi connectivity index (χ1n) is 9.96. The van der Waals surface area contributed by atoms with E-state index in [-0.39, 0.29) is 5.25 Å². The minimum Gasteiger partial charge on any atom is -0.497 e. The van der Waals surface area contributed by atoms with E-state index in [2.05, 4.69) is 16.6 Å². The van der Waals surface area contributed by atoms with E-state index in [9.17, 15) is 8.42 Å². The number of hydrogen-bond acceptors (Lipinski definition) is 5. The van der Waals surface area contributed by atoms with E-state index in [0.717, 1.165) is 69.8 Å². The van der Waals surface area contributed by atoms with Crippen LogP contribution in [0.2, 0.25) is 0 Å². The Balaban J connectivity index is 1.85. The van der Waals surface area contributed by atoms with E-state index < -0.39 is 10.0 Å². The Kier molecular flexibility index (Phi) is 5.53. The van der Waals surface area contributed by atoms with Crippen molar-refractivity contribution in [1.29, 1.82) is 0 Å². The highest BCUT2D eigenvalue weighted by Crippen LogP contribution is 2.43. The molecule has 5 nitrogen and oxygen atoms in total. The van der Waals surface area contributed by atoms with Crippen LogP contribution in [-0.2, 0) is 10.0 Å². The van der Waals surface area contributed by atoms with Gasteiger partial charge in [0.1, 0.15) is 10.6 Å². The second-order valence-electron chi connectivity index (χ2n) is 7.66. The van der Waals surface area contributed by atoms with Gasteiger partial charge in [-0.2, -0.15) is 0 Å². The van der Waals surface area contributed by atoms with Crippen LogP contribution >= 0.6 is 11.3 Å². The van der Waals surface area contributed by atoms with Crippen LogP contribution in [0.4, 0.5) is 5.69 Å². The van der Waals surface area contributed by atoms with Crippen LogP contribution < -0.4 is 9.46 Å². The van der Waals surface area contributed by atoms with Crippen molar-refractivity contribution in [1.82, 2.24) is 4.98 Å². The molecule has 4 rings (SSSR count). The summed E-state index contributed by atoms with van der Waals surface area (Å²) in [5, 5.41) is 0.547. The topological polar surface area (TPSA) is 68.3 Å². The van der Waals surface area contributed by atoms with Gasteiger partial charge in [0, 0.05) is 21.5 Å². The molecule has 1 fully saturated rings. The van der Waals surface area contributed by atoms with Gasteiger partial charge < -0.3 is 4.74 Å². The maximum atomic E-state index is 13.1. The molecule has 1 aliphatic carbocycles. The van der Waals surface area contributed by atoms with Crippen LogP contribution in [0, 0.1) is 13.8 Å². The summed E-state index contributed by atoms with van der Waals surface area (Å²) in [4.78, 5) is 6.63. The Morgan fingerprint density at radius 3 is 2.62 bits per heavy atom. The van der Waals surface area contributed by atoms with Gasteiger partial charge in [-0.1, -0.05) is 31.4 Å². The predicted molar refractivity (Wildman–Crippen MR) is 120 cm³/mol. The highest BCUT2D eigenvalue weighted by molar-refractivity contribution is 7.93. The Labute approximate surface area is 176 Å². The highest BCUT2D eigenvalue weighted by Gasteiger charge is 2.28. The van der Waals surface area contributed by atoms with Crippen LogP contribution in [0.15, 0.2) is 30.3 Å². The summed E-state index contributed by atoms with van der Waals surface area (Å²) in [5.41, 5.74) is 3.44. The molecule has 0 unspecified atom stereocenters. The Morgan fingerprint density at radius 2 is 1.90 bits per heavy atom. The first kappa shape index (κ1) is 20.2. The number of pyridine rings is 1. The van der Waals surface area contributed by atoms with Crippen LogP contribution in [0.25, 0.3) is 21.3 Å². The third kappa shape index (κ3) is 3.98. The molecule has 1 aliphatic rings. The number of nitrogens with one attached hydrogen (secondary N) is 1. The number of rotatable bonds is 5. The van der Waals surface area contributed by atoms with Gasteiger partial charge in [-0.3, -0.25) is 4.72 Å². The molecule has 0 radical (unpaired) electrons. The molecule has 0 saturated heterocycles.